The Labute approximate surface area is 163 Å². The highest BCUT2D eigenvalue weighted by molar-refractivity contribution is 7.17. The molecule has 2 aromatic heterocycles. The van der Waals surface area contributed by atoms with E-state index < -0.39 is 0 Å². The predicted molar refractivity (Wildman–Crippen MR) is 109 cm³/mol. The van der Waals surface area contributed by atoms with E-state index >= 15 is 0 Å². The predicted octanol–water partition coefficient (Wildman–Crippen LogP) is 2.73. The van der Waals surface area contributed by atoms with Gasteiger partial charge < -0.3 is 5.32 Å². The van der Waals surface area contributed by atoms with Crippen LogP contribution in [0.1, 0.15) is 46.0 Å². The summed E-state index contributed by atoms with van der Waals surface area (Å²) in [5, 5.41) is 4.89. The first-order valence-electron chi connectivity index (χ1n) is 9.83. The van der Waals surface area contributed by atoms with Crippen LogP contribution < -0.4 is 16.6 Å². The number of carbonyl (C=O) groups excluding carboxylic acids is 1. The summed E-state index contributed by atoms with van der Waals surface area (Å²) < 4.78 is 3.57. The zero-order chi connectivity index (χ0) is 19.6. The molecule has 1 aliphatic rings. The Morgan fingerprint density at radius 3 is 2.63 bits per heavy atom. The summed E-state index contributed by atoms with van der Waals surface area (Å²) in [6.07, 6.45) is 4.40. The van der Waals surface area contributed by atoms with Crippen molar-refractivity contribution in [3.63, 3.8) is 0 Å². The molecule has 0 atom stereocenters. The lowest BCUT2D eigenvalue weighted by Gasteiger charge is -2.28. The van der Waals surface area contributed by atoms with Crippen molar-refractivity contribution < 1.29 is 4.79 Å². The molecule has 0 unspecified atom stereocenters. The van der Waals surface area contributed by atoms with Gasteiger partial charge in [-0.05, 0) is 55.4 Å². The van der Waals surface area contributed by atoms with Crippen molar-refractivity contribution in [2.75, 3.05) is 6.54 Å². The number of fused-ring (bicyclic) bond motifs is 1. The van der Waals surface area contributed by atoms with Gasteiger partial charge in [-0.15, -0.1) is 11.3 Å². The Morgan fingerprint density at radius 1 is 1.26 bits per heavy atom. The summed E-state index contributed by atoms with van der Waals surface area (Å²) in [6.45, 7) is 5.48. The quantitative estimate of drug-likeness (QED) is 0.823. The molecule has 148 valence electrons. The number of amides is 1. The Hall–Kier alpha value is -1.89. The van der Waals surface area contributed by atoms with Gasteiger partial charge >= 0.3 is 5.69 Å². The van der Waals surface area contributed by atoms with Crippen LogP contribution in [0, 0.1) is 17.8 Å². The topological polar surface area (TPSA) is 73.1 Å². The smallest absolute Gasteiger partial charge is 0.331 e. The summed E-state index contributed by atoms with van der Waals surface area (Å²) in [6, 6.07) is 1.82. The molecule has 0 radical (unpaired) electrons. The van der Waals surface area contributed by atoms with E-state index in [-0.39, 0.29) is 29.0 Å². The van der Waals surface area contributed by atoms with E-state index in [1.807, 2.05) is 11.4 Å². The fraction of sp³-hybridized carbons (Fsp3) is 0.650. The second-order valence-corrected chi connectivity index (χ2v) is 9.00. The molecular weight excluding hydrogens is 362 g/mol. The minimum atomic E-state index is -0.251. The molecule has 6 nitrogen and oxygen atoms in total. The van der Waals surface area contributed by atoms with Crippen molar-refractivity contribution in [1.29, 1.82) is 0 Å². The van der Waals surface area contributed by atoms with E-state index in [9.17, 15) is 14.4 Å². The summed E-state index contributed by atoms with van der Waals surface area (Å²) in [7, 11) is 1.71. The van der Waals surface area contributed by atoms with Crippen LogP contribution in [0.2, 0.25) is 0 Å². The Bertz CT molecular complexity index is 917. The summed E-state index contributed by atoms with van der Waals surface area (Å²) in [4.78, 5) is 37.6. The molecule has 0 spiro atoms. The third-order valence-electron chi connectivity index (χ3n) is 5.64. The van der Waals surface area contributed by atoms with Gasteiger partial charge in [-0.3, -0.25) is 18.7 Å². The molecular formula is C20H29N3O3S. The molecule has 3 rings (SSSR count). The molecule has 0 saturated heterocycles. The molecule has 0 bridgehead atoms. The number of nitrogens with one attached hydrogen (secondary N) is 1. The monoisotopic (exact) mass is 391 g/mol. The molecule has 1 saturated carbocycles. The third-order valence-corrected chi connectivity index (χ3v) is 6.53. The van der Waals surface area contributed by atoms with Crippen LogP contribution >= 0.6 is 11.3 Å². The molecule has 2 aromatic rings. The molecule has 1 N–H and O–H groups in total. The highest BCUT2D eigenvalue weighted by atomic mass is 32.1. The van der Waals surface area contributed by atoms with Crippen LogP contribution in [0.5, 0.6) is 0 Å². The standard InChI is InChI=1S/C20H29N3O3S/c1-13(2)8-10-21-18(24)15-6-4-14(5-7-15)12-23-19(25)17-16(9-11-27-17)22(3)20(23)26/h9,11,13-15H,4-8,10,12H2,1-3H3,(H,21,24). The number of hydrogen-bond donors (Lipinski definition) is 1. The second-order valence-electron chi connectivity index (χ2n) is 8.08. The van der Waals surface area contributed by atoms with Crippen molar-refractivity contribution in [3.05, 3.63) is 32.3 Å². The van der Waals surface area contributed by atoms with Gasteiger partial charge in [-0.1, -0.05) is 13.8 Å². The normalized spacial score (nSPS) is 20.3. The molecule has 0 aliphatic heterocycles. The third kappa shape index (κ3) is 4.34. The number of rotatable bonds is 6. The van der Waals surface area contributed by atoms with E-state index in [4.69, 9.17) is 0 Å². The van der Waals surface area contributed by atoms with Crippen LogP contribution in [0.15, 0.2) is 21.0 Å². The second kappa shape index (κ2) is 8.42. The lowest BCUT2D eigenvalue weighted by atomic mass is 9.81. The Morgan fingerprint density at radius 2 is 1.96 bits per heavy atom. The maximum Gasteiger partial charge on any atom is 0.331 e. The maximum atomic E-state index is 12.7. The van der Waals surface area contributed by atoms with E-state index in [1.165, 1.54) is 15.9 Å². The van der Waals surface area contributed by atoms with Crippen LogP contribution in [-0.4, -0.2) is 21.6 Å². The number of thiophene rings is 1. The highest BCUT2D eigenvalue weighted by Crippen LogP contribution is 2.29. The first kappa shape index (κ1) is 19.9. The van der Waals surface area contributed by atoms with Crippen molar-refractivity contribution in [2.45, 2.75) is 52.5 Å². The minimum Gasteiger partial charge on any atom is -0.356 e. The summed E-state index contributed by atoms with van der Waals surface area (Å²) in [5.41, 5.74) is 0.268. The lowest BCUT2D eigenvalue weighted by Crippen LogP contribution is -2.41. The molecule has 1 amide bonds. The number of aromatic nitrogens is 2. The van der Waals surface area contributed by atoms with Gasteiger partial charge in [-0.2, -0.15) is 0 Å². The molecule has 1 aliphatic carbocycles. The van der Waals surface area contributed by atoms with Gasteiger partial charge in [0.2, 0.25) is 5.91 Å². The fourth-order valence-corrected chi connectivity index (χ4v) is 4.74. The number of nitrogens with zero attached hydrogens (tertiary/aromatic N) is 2. The largest absolute Gasteiger partial charge is 0.356 e. The highest BCUT2D eigenvalue weighted by Gasteiger charge is 2.27. The molecule has 1 fully saturated rings. The molecule has 7 heteroatoms. The summed E-state index contributed by atoms with van der Waals surface area (Å²) >= 11 is 1.38. The zero-order valence-corrected chi connectivity index (χ0v) is 17.2. The molecule has 27 heavy (non-hydrogen) atoms. The van der Waals surface area contributed by atoms with E-state index in [0.717, 1.165) is 38.6 Å². The average Bonchev–Trinajstić information content (AvgIpc) is 3.14. The van der Waals surface area contributed by atoms with Gasteiger partial charge in [0, 0.05) is 26.1 Å². The number of aryl methyl sites for hydroxylation is 1. The van der Waals surface area contributed by atoms with Crippen molar-refractivity contribution in [1.82, 2.24) is 14.5 Å². The van der Waals surface area contributed by atoms with E-state index in [0.29, 0.717) is 22.7 Å². The number of carbonyl (C=O) groups is 1. The van der Waals surface area contributed by atoms with Crippen molar-refractivity contribution in [3.8, 4) is 0 Å². The minimum absolute atomic E-state index is 0.0627. The van der Waals surface area contributed by atoms with E-state index in [2.05, 4.69) is 19.2 Å². The Kier molecular flexibility index (Phi) is 6.19. The summed E-state index contributed by atoms with van der Waals surface area (Å²) in [5.74, 6) is 1.07. The van der Waals surface area contributed by atoms with Crippen LogP contribution in [-0.2, 0) is 18.4 Å². The first-order chi connectivity index (χ1) is 12.9. The van der Waals surface area contributed by atoms with E-state index in [1.54, 1.807) is 11.6 Å². The molecule has 0 aromatic carbocycles. The fourth-order valence-electron chi connectivity index (χ4n) is 3.88. The maximum absolute atomic E-state index is 12.7. The zero-order valence-electron chi connectivity index (χ0n) is 16.4. The SMILES string of the molecule is CC(C)CCNC(=O)C1CCC(Cn2c(=O)c3sccc3n(C)c2=O)CC1. The van der Waals surface area contributed by atoms with Crippen molar-refractivity contribution >= 4 is 27.5 Å². The lowest BCUT2D eigenvalue weighted by molar-refractivity contribution is -0.126. The average molecular weight is 392 g/mol. The van der Waals surface area contributed by atoms with Crippen LogP contribution in [0.4, 0.5) is 0 Å². The van der Waals surface area contributed by atoms with Crippen LogP contribution in [0.25, 0.3) is 10.2 Å². The van der Waals surface area contributed by atoms with Gasteiger partial charge in [0.05, 0.1) is 5.52 Å². The number of hydrogen-bond acceptors (Lipinski definition) is 4. The van der Waals surface area contributed by atoms with Gasteiger partial charge in [0.1, 0.15) is 4.70 Å². The molecule has 2 heterocycles. The van der Waals surface area contributed by atoms with Crippen LogP contribution in [0.3, 0.4) is 0 Å². The Balaban J connectivity index is 1.62. The van der Waals surface area contributed by atoms with Gasteiger partial charge in [0.15, 0.2) is 0 Å². The first-order valence-corrected chi connectivity index (χ1v) is 10.7. The van der Waals surface area contributed by atoms with Gasteiger partial charge in [0.25, 0.3) is 5.56 Å². The van der Waals surface area contributed by atoms with Crippen molar-refractivity contribution in [2.24, 2.45) is 24.8 Å². The van der Waals surface area contributed by atoms with Gasteiger partial charge in [-0.25, -0.2) is 4.79 Å².